The van der Waals surface area contributed by atoms with Gasteiger partial charge in [-0.25, -0.2) is 0 Å². The second-order valence-corrected chi connectivity index (χ2v) is 6.56. The number of hydrogen-bond donors (Lipinski definition) is 2. The Balaban J connectivity index is 1.39. The van der Waals surface area contributed by atoms with E-state index in [1.807, 2.05) is 12.1 Å². The van der Waals surface area contributed by atoms with Crippen LogP contribution in [0.2, 0.25) is 0 Å². The normalized spacial score (nSPS) is 31.3. The Morgan fingerprint density at radius 3 is 3.00 bits per heavy atom. The molecular formula is C17H23N3O. The number of nitrogens with zero attached hydrogens (tertiary/aromatic N) is 1. The summed E-state index contributed by atoms with van der Waals surface area (Å²) < 4.78 is 0. The molecule has 0 radical (unpaired) electrons. The maximum absolute atomic E-state index is 12.6. The number of carbonyl (C=O) groups excluding carboxylic acids is 1. The van der Waals surface area contributed by atoms with Gasteiger partial charge in [0.15, 0.2) is 0 Å². The number of fused-ring (bicyclic) bond motifs is 2. The van der Waals surface area contributed by atoms with E-state index in [1.165, 1.54) is 31.4 Å². The van der Waals surface area contributed by atoms with E-state index >= 15 is 0 Å². The Morgan fingerprint density at radius 2 is 2.10 bits per heavy atom. The fourth-order valence-corrected chi connectivity index (χ4v) is 4.16. The van der Waals surface area contributed by atoms with Crippen molar-refractivity contribution >= 4 is 11.6 Å². The van der Waals surface area contributed by atoms with E-state index in [0.717, 1.165) is 25.1 Å². The van der Waals surface area contributed by atoms with Gasteiger partial charge in [0.25, 0.3) is 0 Å². The number of nitrogens with one attached hydrogen (secondary N) is 2. The van der Waals surface area contributed by atoms with Crippen molar-refractivity contribution in [3.8, 4) is 0 Å². The maximum atomic E-state index is 12.6. The Bertz CT molecular complexity index is 520. The third-order valence-electron chi connectivity index (χ3n) is 5.27. The molecule has 3 aliphatic heterocycles. The van der Waals surface area contributed by atoms with Gasteiger partial charge in [0.1, 0.15) is 6.04 Å². The third-order valence-corrected chi connectivity index (χ3v) is 5.27. The summed E-state index contributed by atoms with van der Waals surface area (Å²) in [5.74, 6) is 0.170. The number of amides is 1. The van der Waals surface area contributed by atoms with Crippen LogP contribution in [0.5, 0.6) is 0 Å². The minimum absolute atomic E-state index is 0.0972. The number of rotatable bonds is 2. The molecule has 0 spiro atoms. The van der Waals surface area contributed by atoms with Gasteiger partial charge in [-0.15, -0.1) is 0 Å². The highest BCUT2D eigenvalue weighted by atomic mass is 16.2. The van der Waals surface area contributed by atoms with Crippen LogP contribution in [0.3, 0.4) is 0 Å². The molecule has 3 heterocycles. The summed E-state index contributed by atoms with van der Waals surface area (Å²) in [5.41, 5.74) is 2.37. The molecule has 1 amide bonds. The summed E-state index contributed by atoms with van der Waals surface area (Å²) in [5, 5.41) is 6.67. The quantitative estimate of drug-likeness (QED) is 0.870. The number of benzene rings is 1. The first kappa shape index (κ1) is 13.1. The number of hydrogen-bond acceptors (Lipinski definition) is 3. The summed E-state index contributed by atoms with van der Waals surface area (Å²) >= 11 is 0. The molecule has 1 aromatic carbocycles. The van der Waals surface area contributed by atoms with Crippen LogP contribution in [0.25, 0.3) is 0 Å². The standard InChI is InChI=1S/C17H23N3O/c21-17(15-11-12-5-1-2-6-13(12)18-15)19-14-8-10-20-9-4-3-7-16(14)20/h1-2,5-6,14-16,18H,3-4,7-11H2,(H,19,21)/t14?,15-,16?/m0/s1. The second-order valence-electron chi connectivity index (χ2n) is 6.56. The summed E-state index contributed by atoms with van der Waals surface area (Å²) in [7, 11) is 0. The molecule has 3 atom stereocenters. The van der Waals surface area contributed by atoms with Gasteiger partial charge in [0, 0.05) is 30.7 Å². The Morgan fingerprint density at radius 1 is 1.19 bits per heavy atom. The number of anilines is 1. The van der Waals surface area contributed by atoms with Crippen molar-refractivity contribution in [3.05, 3.63) is 29.8 Å². The lowest BCUT2D eigenvalue weighted by molar-refractivity contribution is -0.122. The van der Waals surface area contributed by atoms with Crippen LogP contribution in [0.4, 0.5) is 5.69 Å². The van der Waals surface area contributed by atoms with Gasteiger partial charge in [-0.2, -0.15) is 0 Å². The monoisotopic (exact) mass is 285 g/mol. The molecule has 2 saturated heterocycles. The van der Waals surface area contributed by atoms with Gasteiger partial charge in [0.05, 0.1) is 0 Å². The summed E-state index contributed by atoms with van der Waals surface area (Å²) in [6, 6.07) is 9.05. The molecule has 2 N–H and O–H groups in total. The van der Waals surface area contributed by atoms with E-state index in [0.29, 0.717) is 12.1 Å². The van der Waals surface area contributed by atoms with Gasteiger partial charge >= 0.3 is 0 Å². The molecule has 2 unspecified atom stereocenters. The molecule has 2 fully saturated rings. The Hall–Kier alpha value is -1.55. The van der Waals surface area contributed by atoms with E-state index in [4.69, 9.17) is 0 Å². The first-order chi connectivity index (χ1) is 10.3. The highest BCUT2D eigenvalue weighted by Gasteiger charge is 2.37. The predicted octanol–water partition coefficient (Wildman–Crippen LogP) is 1.77. The smallest absolute Gasteiger partial charge is 0.243 e. The van der Waals surface area contributed by atoms with E-state index in [9.17, 15) is 4.79 Å². The van der Waals surface area contributed by atoms with Gasteiger partial charge in [-0.05, 0) is 37.4 Å². The number of carbonyl (C=O) groups is 1. The first-order valence-corrected chi connectivity index (χ1v) is 8.20. The average Bonchev–Trinajstić information content (AvgIpc) is 3.11. The zero-order valence-electron chi connectivity index (χ0n) is 12.3. The van der Waals surface area contributed by atoms with Crippen LogP contribution in [0.15, 0.2) is 24.3 Å². The van der Waals surface area contributed by atoms with Crippen molar-refractivity contribution in [1.82, 2.24) is 10.2 Å². The molecule has 0 saturated carbocycles. The van der Waals surface area contributed by atoms with Crippen molar-refractivity contribution < 1.29 is 4.79 Å². The van der Waals surface area contributed by atoms with Gasteiger partial charge in [-0.3, -0.25) is 9.69 Å². The Kier molecular flexibility index (Phi) is 3.34. The zero-order valence-corrected chi connectivity index (χ0v) is 12.3. The van der Waals surface area contributed by atoms with Crippen LogP contribution in [-0.2, 0) is 11.2 Å². The molecule has 1 aromatic rings. The molecule has 3 aliphatic rings. The molecule has 112 valence electrons. The minimum Gasteiger partial charge on any atom is -0.373 e. The highest BCUT2D eigenvalue weighted by molar-refractivity contribution is 5.87. The number of para-hydroxylation sites is 1. The largest absolute Gasteiger partial charge is 0.373 e. The van der Waals surface area contributed by atoms with Gasteiger partial charge in [-0.1, -0.05) is 24.6 Å². The van der Waals surface area contributed by atoms with Crippen LogP contribution >= 0.6 is 0 Å². The van der Waals surface area contributed by atoms with E-state index in [2.05, 4.69) is 27.7 Å². The lowest BCUT2D eigenvalue weighted by Crippen LogP contribution is -2.50. The SMILES string of the molecule is O=C(NC1CCN2CCCCC12)[C@@H]1Cc2ccccc2N1. The van der Waals surface area contributed by atoms with Crippen molar-refractivity contribution in [2.75, 3.05) is 18.4 Å². The molecule has 4 heteroatoms. The van der Waals surface area contributed by atoms with Crippen LogP contribution in [0.1, 0.15) is 31.2 Å². The fourth-order valence-electron chi connectivity index (χ4n) is 4.16. The van der Waals surface area contributed by atoms with Crippen molar-refractivity contribution in [2.24, 2.45) is 0 Å². The minimum atomic E-state index is -0.0972. The van der Waals surface area contributed by atoms with Gasteiger partial charge in [0.2, 0.25) is 5.91 Å². The van der Waals surface area contributed by atoms with Crippen molar-refractivity contribution in [1.29, 1.82) is 0 Å². The van der Waals surface area contributed by atoms with Crippen molar-refractivity contribution in [3.63, 3.8) is 0 Å². The maximum Gasteiger partial charge on any atom is 0.243 e. The molecule has 21 heavy (non-hydrogen) atoms. The van der Waals surface area contributed by atoms with E-state index < -0.39 is 0 Å². The first-order valence-electron chi connectivity index (χ1n) is 8.20. The molecule has 4 nitrogen and oxygen atoms in total. The summed E-state index contributed by atoms with van der Waals surface area (Å²) in [4.78, 5) is 15.1. The number of piperidine rings is 1. The summed E-state index contributed by atoms with van der Waals surface area (Å²) in [6.45, 7) is 2.36. The fraction of sp³-hybridized carbons (Fsp3) is 0.588. The van der Waals surface area contributed by atoms with Gasteiger partial charge < -0.3 is 10.6 Å². The highest BCUT2D eigenvalue weighted by Crippen LogP contribution is 2.28. The van der Waals surface area contributed by atoms with Crippen LogP contribution in [-0.4, -0.2) is 42.0 Å². The average molecular weight is 285 g/mol. The molecule has 0 bridgehead atoms. The molecule has 0 aliphatic carbocycles. The van der Waals surface area contributed by atoms with E-state index in [-0.39, 0.29) is 11.9 Å². The van der Waals surface area contributed by atoms with Crippen LogP contribution < -0.4 is 10.6 Å². The Labute approximate surface area is 125 Å². The molecular weight excluding hydrogens is 262 g/mol. The zero-order chi connectivity index (χ0) is 14.2. The third kappa shape index (κ3) is 2.42. The molecule has 0 aromatic heterocycles. The topological polar surface area (TPSA) is 44.4 Å². The molecule has 4 rings (SSSR count). The predicted molar refractivity (Wildman–Crippen MR) is 83.3 cm³/mol. The van der Waals surface area contributed by atoms with E-state index in [1.54, 1.807) is 0 Å². The van der Waals surface area contributed by atoms with Crippen molar-refractivity contribution in [2.45, 2.75) is 50.2 Å². The summed E-state index contributed by atoms with van der Waals surface area (Å²) in [6.07, 6.45) is 5.78. The second kappa shape index (κ2) is 5.34. The lowest BCUT2D eigenvalue weighted by Gasteiger charge is -2.32. The van der Waals surface area contributed by atoms with Crippen LogP contribution in [0, 0.1) is 0 Å². The lowest BCUT2D eigenvalue weighted by atomic mass is 9.98.